The predicted molar refractivity (Wildman–Crippen MR) is 67.8 cm³/mol. The van der Waals surface area contributed by atoms with E-state index in [2.05, 4.69) is 4.74 Å². The molecule has 0 aliphatic rings. The monoisotopic (exact) mass is 268 g/mol. The third-order valence-corrected chi connectivity index (χ3v) is 2.23. The van der Waals surface area contributed by atoms with E-state index in [1.807, 2.05) is 0 Å². The van der Waals surface area contributed by atoms with E-state index < -0.39 is 16.7 Å². The van der Waals surface area contributed by atoms with Gasteiger partial charge in [0.15, 0.2) is 0 Å². The normalized spacial score (nSPS) is 10.6. The summed E-state index contributed by atoms with van der Waals surface area (Å²) in [7, 11) is 0. The van der Waals surface area contributed by atoms with Crippen molar-refractivity contribution in [3.63, 3.8) is 0 Å². The molecule has 1 aromatic carbocycles. The molecule has 1 rings (SSSR count). The highest BCUT2D eigenvalue weighted by atomic mass is 19.1. The molecule has 0 saturated carbocycles. The summed E-state index contributed by atoms with van der Waals surface area (Å²) >= 11 is 0. The second-order valence-corrected chi connectivity index (χ2v) is 3.60. The highest BCUT2D eigenvalue weighted by Crippen LogP contribution is 2.25. The molecule has 1 aromatic rings. The Hall–Kier alpha value is -2.44. The van der Waals surface area contributed by atoms with Crippen molar-refractivity contribution in [1.29, 1.82) is 0 Å². The summed E-state index contributed by atoms with van der Waals surface area (Å²) in [5.74, 6) is -1.15. The molecule has 0 heterocycles. The Labute approximate surface area is 108 Å². The van der Waals surface area contributed by atoms with Crippen LogP contribution in [0.4, 0.5) is 15.8 Å². The average molecular weight is 268 g/mol. The number of carbonyl (C=O) groups is 1. The first kappa shape index (κ1) is 14.6. The number of rotatable bonds is 5. The Morgan fingerprint density at radius 3 is 2.84 bits per heavy atom. The van der Waals surface area contributed by atoms with Gasteiger partial charge in [-0.1, -0.05) is 12.2 Å². The van der Waals surface area contributed by atoms with Gasteiger partial charge in [0, 0.05) is 17.7 Å². The summed E-state index contributed by atoms with van der Waals surface area (Å²) in [6, 6.07) is 1.90. The van der Waals surface area contributed by atoms with Gasteiger partial charge in [0.25, 0.3) is 5.69 Å². The third-order valence-electron chi connectivity index (χ3n) is 2.23. The zero-order chi connectivity index (χ0) is 14.4. The van der Waals surface area contributed by atoms with Crippen molar-refractivity contribution in [2.24, 2.45) is 0 Å². The molecule has 102 valence electrons. The van der Waals surface area contributed by atoms with E-state index in [4.69, 9.17) is 5.73 Å². The van der Waals surface area contributed by atoms with Crippen molar-refractivity contribution in [3.05, 3.63) is 39.7 Å². The number of hydrogen-bond acceptors (Lipinski definition) is 5. The summed E-state index contributed by atoms with van der Waals surface area (Å²) in [6.45, 7) is 1.93. The number of benzene rings is 1. The number of halogens is 1. The van der Waals surface area contributed by atoms with E-state index >= 15 is 0 Å². The first-order valence-corrected chi connectivity index (χ1v) is 5.51. The van der Waals surface area contributed by atoms with Crippen LogP contribution < -0.4 is 5.73 Å². The molecule has 0 radical (unpaired) electrons. The zero-order valence-electron chi connectivity index (χ0n) is 10.3. The molecule has 0 saturated heterocycles. The van der Waals surface area contributed by atoms with E-state index in [9.17, 15) is 19.3 Å². The molecule has 2 N–H and O–H groups in total. The Kier molecular flexibility index (Phi) is 4.99. The van der Waals surface area contributed by atoms with Crippen LogP contribution in [0.1, 0.15) is 18.9 Å². The molecule has 0 spiro atoms. The van der Waals surface area contributed by atoms with Gasteiger partial charge < -0.3 is 10.5 Å². The van der Waals surface area contributed by atoms with Gasteiger partial charge in [-0.2, -0.15) is 0 Å². The first-order chi connectivity index (χ1) is 8.95. The lowest BCUT2D eigenvalue weighted by atomic mass is 10.1. The molecule has 0 amide bonds. The van der Waals surface area contributed by atoms with Gasteiger partial charge in [0.05, 0.1) is 18.0 Å². The maximum Gasteiger partial charge on any atom is 0.309 e. The number of nitro groups is 1. The third kappa shape index (κ3) is 4.06. The molecule has 6 nitrogen and oxygen atoms in total. The molecule has 0 unspecified atom stereocenters. The Morgan fingerprint density at radius 2 is 2.26 bits per heavy atom. The molecule has 0 aliphatic heterocycles. The van der Waals surface area contributed by atoms with Crippen molar-refractivity contribution < 1.29 is 18.8 Å². The highest BCUT2D eigenvalue weighted by molar-refractivity contribution is 5.73. The number of ether oxygens (including phenoxy) is 1. The summed E-state index contributed by atoms with van der Waals surface area (Å²) in [5.41, 5.74) is 4.70. The first-order valence-electron chi connectivity index (χ1n) is 5.51. The Bertz CT molecular complexity index is 529. The van der Waals surface area contributed by atoms with Crippen LogP contribution in [0.5, 0.6) is 0 Å². The SMILES string of the molecule is CCOC(=O)CC=Cc1cc([N+](=O)[O-])c(N)cc1F. The smallest absolute Gasteiger partial charge is 0.309 e. The van der Waals surface area contributed by atoms with Crippen LogP contribution in [0.25, 0.3) is 6.08 Å². The Morgan fingerprint density at radius 1 is 1.58 bits per heavy atom. The molecular weight excluding hydrogens is 255 g/mol. The lowest BCUT2D eigenvalue weighted by Crippen LogP contribution is -2.01. The van der Waals surface area contributed by atoms with Crippen LogP contribution in [-0.4, -0.2) is 17.5 Å². The van der Waals surface area contributed by atoms with Crippen LogP contribution in [0.15, 0.2) is 18.2 Å². The number of nitrogens with zero attached hydrogens (tertiary/aromatic N) is 1. The molecule has 0 aromatic heterocycles. The van der Waals surface area contributed by atoms with Crippen molar-refractivity contribution in [1.82, 2.24) is 0 Å². The predicted octanol–water partition coefficient (Wildman–Crippen LogP) is 2.28. The summed E-state index contributed by atoms with van der Waals surface area (Å²) in [4.78, 5) is 21.0. The maximum atomic E-state index is 13.5. The van der Waals surface area contributed by atoms with Crippen LogP contribution in [-0.2, 0) is 9.53 Å². The number of carbonyl (C=O) groups excluding carboxylic acids is 1. The van der Waals surface area contributed by atoms with E-state index in [1.165, 1.54) is 12.2 Å². The topological polar surface area (TPSA) is 95.5 Å². The molecule has 19 heavy (non-hydrogen) atoms. The van der Waals surface area contributed by atoms with Crippen LogP contribution in [0, 0.1) is 15.9 Å². The number of hydrogen-bond donors (Lipinski definition) is 1. The van der Waals surface area contributed by atoms with E-state index in [-0.39, 0.29) is 30.0 Å². The van der Waals surface area contributed by atoms with Gasteiger partial charge in [-0.05, 0) is 6.92 Å². The van der Waals surface area contributed by atoms with Gasteiger partial charge in [-0.3, -0.25) is 14.9 Å². The lowest BCUT2D eigenvalue weighted by molar-refractivity contribution is -0.384. The quantitative estimate of drug-likeness (QED) is 0.382. The number of nitrogen functional groups attached to an aromatic ring is 1. The van der Waals surface area contributed by atoms with Crippen molar-refractivity contribution >= 4 is 23.4 Å². The van der Waals surface area contributed by atoms with Crippen LogP contribution in [0.2, 0.25) is 0 Å². The maximum absolute atomic E-state index is 13.5. The minimum Gasteiger partial charge on any atom is -0.466 e. The number of anilines is 1. The lowest BCUT2D eigenvalue weighted by Gasteiger charge is -2.01. The molecular formula is C12H13FN2O4. The van der Waals surface area contributed by atoms with Gasteiger partial charge in [0.2, 0.25) is 0 Å². The number of nitrogens with two attached hydrogens (primary N) is 1. The largest absolute Gasteiger partial charge is 0.466 e. The molecule has 0 bridgehead atoms. The molecule has 0 aliphatic carbocycles. The van der Waals surface area contributed by atoms with E-state index in [0.717, 1.165) is 12.1 Å². The van der Waals surface area contributed by atoms with Crippen molar-refractivity contribution in [3.8, 4) is 0 Å². The second-order valence-electron chi connectivity index (χ2n) is 3.60. The van der Waals surface area contributed by atoms with Gasteiger partial charge in [-0.15, -0.1) is 0 Å². The fourth-order valence-corrected chi connectivity index (χ4v) is 1.38. The minimum absolute atomic E-state index is 0.00908. The fourth-order valence-electron chi connectivity index (χ4n) is 1.38. The summed E-state index contributed by atoms with van der Waals surface area (Å²) in [6.07, 6.45) is 2.61. The highest BCUT2D eigenvalue weighted by Gasteiger charge is 2.14. The molecule has 7 heteroatoms. The Balaban J connectivity index is 2.89. The second kappa shape index (κ2) is 6.48. The van der Waals surface area contributed by atoms with Gasteiger partial charge in [0.1, 0.15) is 11.5 Å². The number of nitro benzene ring substituents is 1. The van der Waals surface area contributed by atoms with Gasteiger partial charge >= 0.3 is 5.97 Å². The van der Waals surface area contributed by atoms with Crippen molar-refractivity contribution in [2.45, 2.75) is 13.3 Å². The molecule has 0 atom stereocenters. The molecule has 0 fully saturated rings. The average Bonchev–Trinajstić information content (AvgIpc) is 2.31. The fraction of sp³-hybridized carbons (Fsp3) is 0.250. The van der Waals surface area contributed by atoms with Gasteiger partial charge in [-0.25, -0.2) is 4.39 Å². The number of esters is 1. The summed E-state index contributed by atoms with van der Waals surface area (Å²) in [5, 5.41) is 10.7. The minimum atomic E-state index is -0.697. The van der Waals surface area contributed by atoms with Crippen LogP contribution in [0.3, 0.4) is 0 Å². The van der Waals surface area contributed by atoms with Crippen molar-refractivity contribution in [2.75, 3.05) is 12.3 Å². The zero-order valence-corrected chi connectivity index (χ0v) is 10.3. The van der Waals surface area contributed by atoms with E-state index in [1.54, 1.807) is 6.92 Å². The standard InChI is InChI=1S/C12H13FN2O4/c1-2-19-12(16)5-3-4-8-6-11(15(17)18)10(14)7-9(8)13/h3-4,6-7H,2,5,14H2,1H3. The van der Waals surface area contributed by atoms with E-state index in [0.29, 0.717) is 0 Å². The van der Waals surface area contributed by atoms with Crippen LogP contribution >= 0.6 is 0 Å². The summed E-state index contributed by atoms with van der Waals surface area (Å²) < 4.78 is 18.2.